The van der Waals surface area contributed by atoms with Gasteiger partial charge in [-0.1, -0.05) is 13.0 Å². The minimum atomic E-state index is -0.0966. The van der Waals surface area contributed by atoms with E-state index in [0.717, 1.165) is 49.8 Å². The highest BCUT2D eigenvalue weighted by atomic mass is 16.3. The molecule has 2 saturated heterocycles. The molecule has 6 heteroatoms. The second-order valence-electron chi connectivity index (χ2n) is 7.02. The Morgan fingerprint density at radius 1 is 1.29 bits per heavy atom. The molecule has 1 aromatic heterocycles. The Kier molecular flexibility index (Phi) is 5.56. The van der Waals surface area contributed by atoms with Gasteiger partial charge in [-0.25, -0.2) is 9.78 Å². The summed E-state index contributed by atoms with van der Waals surface area (Å²) in [5, 5.41) is 12.2. The quantitative estimate of drug-likeness (QED) is 0.885. The average Bonchev–Trinajstić information content (AvgIpc) is 3.10. The van der Waals surface area contributed by atoms with Crippen molar-refractivity contribution in [1.29, 1.82) is 0 Å². The van der Waals surface area contributed by atoms with Crippen LogP contribution in [0.3, 0.4) is 0 Å². The fourth-order valence-corrected chi connectivity index (χ4v) is 3.52. The molecule has 1 aromatic rings. The van der Waals surface area contributed by atoms with Crippen LogP contribution < -0.4 is 10.2 Å². The molecule has 6 nitrogen and oxygen atoms in total. The van der Waals surface area contributed by atoms with Crippen LogP contribution in [0.15, 0.2) is 18.3 Å². The Labute approximate surface area is 143 Å². The smallest absolute Gasteiger partial charge is 0.317 e. The summed E-state index contributed by atoms with van der Waals surface area (Å²) in [4.78, 5) is 20.8. The Hall–Kier alpha value is -1.82. The number of carbonyl (C=O) groups excluding carboxylic acids is 1. The maximum Gasteiger partial charge on any atom is 0.317 e. The van der Waals surface area contributed by atoms with Crippen molar-refractivity contribution in [2.75, 3.05) is 31.1 Å². The molecule has 2 amide bonds. The number of urea groups is 1. The van der Waals surface area contributed by atoms with Crippen LogP contribution in [-0.4, -0.2) is 53.3 Å². The van der Waals surface area contributed by atoms with E-state index in [9.17, 15) is 9.90 Å². The van der Waals surface area contributed by atoms with Gasteiger partial charge in [0.05, 0.1) is 12.6 Å². The zero-order chi connectivity index (χ0) is 16.9. The molecule has 2 N–H and O–H groups in total. The molecule has 1 atom stereocenters. The first kappa shape index (κ1) is 17.0. The molecule has 3 heterocycles. The van der Waals surface area contributed by atoms with Crippen molar-refractivity contribution >= 4 is 11.8 Å². The van der Waals surface area contributed by atoms with Gasteiger partial charge in [-0.15, -0.1) is 0 Å². The van der Waals surface area contributed by atoms with E-state index in [4.69, 9.17) is 0 Å². The number of hydrogen-bond acceptors (Lipinski definition) is 4. The van der Waals surface area contributed by atoms with Crippen molar-refractivity contribution in [3.8, 4) is 0 Å². The van der Waals surface area contributed by atoms with Gasteiger partial charge in [-0.3, -0.25) is 0 Å². The molecule has 2 aliphatic heterocycles. The number of aliphatic hydroxyl groups excluding tert-OH is 1. The molecule has 2 aliphatic rings. The highest BCUT2D eigenvalue weighted by Crippen LogP contribution is 2.21. The lowest BCUT2D eigenvalue weighted by molar-refractivity contribution is 0.157. The highest BCUT2D eigenvalue weighted by Gasteiger charge is 2.27. The van der Waals surface area contributed by atoms with E-state index in [0.29, 0.717) is 6.54 Å². The molecule has 0 radical (unpaired) electrons. The SMILES string of the molecule is CC1CCN(c2ccc(CNC(=O)N3CCCC3CO)cn2)CC1. The Morgan fingerprint density at radius 3 is 2.75 bits per heavy atom. The first-order chi connectivity index (χ1) is 11.7. The molecule has 0 aliphatic carbocycles. The lowest BCUT2D eigenvalue weighted by Crippen LogP contribution is -2.43. The first-order valence-corrected chi connectivity index (χ1v) is 9.02. The van der Waals surface area contributed by atoms with Crippen molar-refractivity contribution in [1.82, 2.24) is 15.2 Å². The van der Waals surface area contributed by atoms with E-state index in [-0.39, 0.29) is 18.7 Å². The van der Waals surface area contributed by atoms with Crippen LogP contribution in [-0.2, 0) is 6.54 Å². The summed E-state index contributed by atoms with van der Waals surface area (Å²) < 4.78 is 0. The van der Waals surface area contributed by atoms with Crippen molar-refractivity contribution in [3.05, 3.63) is 23.9 Å². The van der Waals surface area contributed by atoms with Crippen LogP contribution in [0, 0.1) is 5.92 Å². The molecule has 3 rings (SSSR count). The van der Waals surface area contributed by atoms with E-state index in [1.807, 2.05) is 18.3 Å². The molecular formula is C18H28N4O2. The Bertz CT molecular complexity index is 540. The van der Waals surface area contributed by atoms with Crippen LogP contribution in [0.1, 0.15) is 38.2 Å². The second-order valence-corrected chi connectivity index (χ2v) is 7.02. The predicted molar refractivity (Wildman–Crippen MR) is 93.9 cm³/mol. The highest BCUT2D eigenvalue weighted by molar-refractivity contribution is 5.74. The molecule has 0 aromatic carbocycles. The summed E-state index contributed by atoms with van der Waals surface area (Å²) in [6, 6.07) is 3.95. The number of anilines is 1. The minimum Gasteiger partial charge on any atom is -0.394 e. The van der Waals surface area contributed by atoms with Gasteiger partial charge >= 0.3 is 6.03 Å². The number of hydrogen-bond donors (Lipinski definition) is 2. The van der Waals surface area contributed by atoms with Gasteiger partial charge < -0.3 is 20.2 Å². The van der Waals surface area contributed by atoms with E-state index in [2.05, 4.69) is 22.1 Å². The lowest BCUT2D eigenvalue weighted by Gasteiger charge is -2.31. The van der Waals surface area contributed by atoms with Crippen molar-refractivity contribution in [2.45, 2.75) is 45.2 Å². The third kappa shape index (κ3) is 3.98. The van der Waals surface area contributed by atoms with Gasteiger partial charge in [0.2, 0.25) is 0 Å². The van der Waals surface area contributed by atoms with E-state index in [1.54, 1.807) is 4.90 Å². The summed E-state index contributed by atoms with van der Waals surface area (Å²) in [7, 11) is 0. The average molecular weight is 332 g/mol. The van der Waals surface area contributed by atoms with Gasteiger partial charge in [0.25, 0.3) is 0 Å². The van der Waals surface area contributed by atoms with Crippen molar-refractivity contribution < 1.29 is 9.90 Å². The molecule has 2 fully saturated rings. The molecule has 24 heavy (non-hydrogen) atoms. The summed E-state index contributed by atoms with van der Waals surface area (Å²) in [6.45, 7) is 5.68. The largest absolute Gasteiger partial charge is 0.394 e. The molecule has 0 spiro atoms. The molecule has 1 unspecified atom stereocenters. The number of pyridine rings is 1. The number of amides is 2. The van der Waals surface area contributed by atoms with Gasteiger partial charge in [0, 0.05) is 32.4 Å². The van der Waals surface area contributed by atoms with Crippen LogP contribution in [0.4, 0.5) is 10.6 Å². The monoisotopic (exact) mass is 332 g/mol. The standard InChI is InChI=1S/C18H28N4O2/c1-14-6-9-21(10-7-14)17-5-4-15(11-19-17)12-20-18(24)22-8-2-3-16(22)13-23/h4-5,11,14,16,23H,2-3,6-10,12-13H2,1H3,(H,20,24). The van der Waals surface area contributed by atoms with Crippen LogP contribution in [0.5, 0.6) is 0 Å². The number of carbonyl (C=O) groups is 1. The van der Waals surface area contributed by atoms with Crippen molar-refractivity contribution in [2.24, 2.45) is 5.92 Å². The van der Waals surface area contributed by atoms with Gasteiger partial charge in [0.15, 0.2) is 0 Å². The van der Waals surface area contributed by atoms with Crippen LogP contribution >= 0.6 is 0 Å². The maximum absolute atomic E-state index is 12.2. The fraction of sp³-hybridized carbons (Fsp3) is 0.667. The topological polar surface area (TPSA) is 68.7 Å². The van der Waals surface area contributed by atoms with Gasteiger partial charge in [-0.2, -0.15) is 0 Å². The second kappa shape index (κ2) is 7.83. The maximum atomic E-state index is 12.2. The van der Waals surface area contributed by atoms with E-state index < -0.39 is 0 Å². The zero-order valence-electron chi connectivity index (χ0n) is 14.4. The predicted octanol–water partition coefficient (Wildman–Crippen LogP) is 1.98. The molecule has 132 valence electrons. The van der Waals surface area contributed by atoms with E-state index >= 15 is 0 Å². The third-order valence-electron chi connectivity index (χ3n) is 5.21. The Morgan fingerprint density at radius 2 is 2.08 bits per heavy atom. The third-order valence-corrected chi connectivity index (χ3v) is 5.21. The number of rotatable bonds is 4. The number of aliphatic hydroxyl groups is 1. The summed E-state index contributed by atoms with van der Waals surface area (Å²) in [5.74, 6) is 1.83. The zero-order valence-corrected chi connectivity index (χ0v) is 14.4. The summed E-state index contributed by atoms with van der Waals surface area (Å²) in [6.07, 6.45) is 6.14. The molecule has 0 bridgehead atoms. The van der Waals surface area contributed by atoms with E-state index in [1.165, 1.54) is 12.8 Å². The van der Waals surface area contributed by atoms with Crippen molar-refractivity contribution in [3.63, 3.8) is 0 Å². The summed E-state index contributed by atoms with van der Waals surface area (Å²) >= 11 is 0. The van der Waals surface area contributed by atoms with Gasteiger partial charge in [-0.05, 0) is 43.2 Å². The molecular weight excluding hydrogens is 304 g/mol. The van der Waals surface area contributed by atoms with Crippen LogP contribution in [0.2, 0.25) is 0 Å². The number of aromatic nitrogens is 1. The van der Waals surface area contributed by atoms with Gasteiger partial charge in [0.1, 0.15) is 5.82 Å². The lowest BCUT2D eigenvalue weighted by atomic mass is 9.99. The normalized spacial score (nSPS) is 22.0. The minimum absolute atomic E-state index is 0.0352. The first-order valence-electron chi connectivity index (χ1n) is 9.02. The summed E-state index contributed by atoms with van der Waals surface area (Å²) in [5.41, 5.74) is 0.997. The fourth-order valence-electron chi connectivity index (χ4n) is 3.52. The number of piperidine rings is 1. The molecule has 0 saturated carbocycles. The number of likely N-dealkylation sites (tertiary alicyclic amines) is 1. The number of nitrogens with one attached hydrogen (secondary N) is 1. The van der Waals surface area contributed by atoms with Crippen LogP contribution in [0.25, 0.3) is 0 Å². The number of nitrogens with zero attached hydrogens (tertiary/aromatic N) is 3. The Balaban J connectivity index is 1.50.